The summed E-state index contributed by atoms with van der Waals surface area (Å²) in [6, 6.07) is 9.62. The molecule has 0 aliphatic carbocycles. The topological polar surface area (TPSA) is 68.5 Å². The van der Waals surface area contributed by atoms with Crippen LogP contribution in [0.25, 0.3) is 0 Å². The molecule has 0 bridgehead atoms. The second-order valence-corrected chi connectivity index (χ2v) is 3.76. The van der Waals surface area contributed by atoms with Crippen molar-refractivity contribution < 1.29 is 0 Å². The van der Waals surface area contributed by atoms with E-state index < -0.39 is 0 Å². The quantitative estimate of drug-likeness (QED) is 0.617. The lowest BCUT2D eigenvalue weighted by molar-refractivity contribution is 1.08. The predicted molar refractivity (Wildman–Crippen MR) is 70.1 cm³/mol. The van der Waals surface area contributed by atoms with E-state index in [1.807, 2.05) is 30.3 Å². The molecule has 1 heterocycles. The Kier molecular flexibility index (Phi) is 3.28. The maximum absolute atomic E-state index is 5.10. The Hall–Kier alpha value is -1.73. The summed E-state index contributed by atoms with van der Waals surface area (Å²) in [6.45, 7) is 0. The molecule has 2 rings (SSSR count). The normalized spacial score (nSPS) is 9.75. The SMILES string of the molecule is S=C(Nc1ccccc1)Nc1nc(=S)[nH][nH]1. The van der Waals surface area contributed by atoms with Crippen molar-refractivity contribution in [1.29, 1.82) is 0 Å². The number of anilines is 2. The zero-order chi connectivity index (χ0) is 11.4. The molecule has 0 fully saturated rings. The molecule has 0 radical (unpaired) electrons. The third kappa shape index (κ3) is 2.88. The van der Waals surface area contributed by atoms with Crippen molar-refractivity contribution in [2.24, 2.45) is 0 Å². The molecule has 1 aromatic heterocycles. The number of aromatic amines is 2. The summed E-state index contributed by atoms with van der Waals surface area (Å²) in [5, 5.41) is 11.7. The second-order valence-electron chi connectivity index (χ2n) is 2.96. The minimum Gasteiger partial charge on any atom is -0.332 e. The van der Waals surface area contributed by atoms with Gasteiger partial charge in [-0.15, -0.1) is 0 Å². The maximum Gasteiger partial charge on any atom is 0.224 e. The molecule has 5 nitrogen and oxygen atoms in total. The number of H-pyrrole nitrogens is 2. The van der Waals surface area contributed by atoms with Crippen LogP contribution in [-0.2, 0) is 0 Å². The average molecular weight is 251 g/mol. The van der Waals surface area contributed by atoms with E-state index >= 15 is 0 Å². The molecular formula is C9H9N5S2. The average Bonchev–Trinajstić information content (AvgIpc) is 2.65. The molecule has 2 aromatic rings. The number of aromatic nitrogens is 3. The Bertz CT molecular complexity index is 530. The number of thiocarbonyl (C=S) groups is 1. The third-order valence-corrected chi connectivity index (χ3v) is 2.16. The van der Waals surface area contributed by atoms with Gasteiger partial charge < -0.3 is 10.6 Å². The second kappa shape index (κ2) is 4.86. The highest BCUT2D eigenvalue weighted by Crippen LogP contribution is 2.05. The first-order chi connectivity index (χ1) is 7.74. The van der Waals surface area contributed by atoms with Gasteiger partial charge in [-0.3, -0.25) is 10.2 Å². The molecule has 0 saturated heterocycles. The summed E-state index contributed by atoms with van der Waals surface area (Å²) >= 11 is 9.91. The lowest BCUT2D eigenvalue weighted by atomic mass is 10.3. The largest absolute Gasteiger partial charge is 0.332 e. The fourth-order valence-electron chi connectivity index (χ4n) is 1.12. The van der Waals surface area contributed by atoms with Gasteiger partial charge in [0.25, 0.3) is 0 Å². The van der Waals surface area contributed by atoms with Gasteiger partial charge >= 0.3 is 0 Å². The minimum atomic E-state index is 0.380. The molecule has 0 amide bonds. The summed E-state index contributed by atoms with van der Waals surface area (Å²) in [7, 11) is 0. The van der Waals surface area contributed by atoms with Gasteiger partial charge in [-0.05, 0) is 36.6 Å². The number of hydrogen-bond acceptors (Lipinski definition) is 3. The number of nitrogens with one attached hydrogen (secondary N) is 4. The maximum atomic E-state index is 5.10. The van der Waals surface area contributed by atoms with Gasteiger partial charge in [-0.25, -0.2) is 0 Å². The standard InChI is InChI=1S/C9H9N5S2/c15-8(10-6-4-2-1-3-5-6)11-7-12-9(16)14-13-7/h1-5H,(H4,10,11,12,13,14,15,16). The molecule has 7 heteroatoms. The molecule has 1 aromatic carbocycles. The highest BCUT2D eigenvalue weighted by molar-refractivity contribution is 7.80. The zero-order valence-corrected chi connectivity index (χ0v) is 9.78. The van der Waals surface area contributed by atoms with Crippen LogP contribution in [0.1, 0.15) is 0 Å². The van der Waals surface area contributed by atoms with Crippen LogP contribution in [0.2, 0.25) is 0 Å². The van der Waals surface area contributed by atoms with Gasteiger partial charge in [0.15, 0.2) is 5.11 Å². The Labute approximate surface area is 102 Å². The van der Waals surface area contributed by atoms with Gasteiger partial charge in [-0.2, -0.15) is 4.98 Å². The monoisotopic (exact) mass is 251 g/mol. The summed E-state index contributed by atoms with van der Waals surface area (Å²) in [5.74, 6) is 0.485. The van der Waals surface area contributed by atoms with Crippen LogP contribution in [0, 0.1) is 4.77 Å². The van der Waals surface area contributed by atoms with Crippen molar-refractivity contribution in [2.75, 3.05) is 10.6 Å². The lowest BCUT2D eigenvalue weighted by Gasteiger charge is -2.07. The van der Waals surface area contributed by atoms with Crippen molar-refractivity contribution >= 4 is 41.2 Å². The number of rotatable bonds is 2. The van der Waals surface area contributed by atoms with E-state index in [1.54, 1.807) is 0 Å². The Morgan fingerprint density at radius 3 is 2.50 bits per heavy atom. The van der Waals surface area contributed by atoms with E-state index in [0.717, 1.165) is 5.69 Å². The fourth-order valence-corrected chi connectivity index (χ4v) is 1.48. The van der Waals surface area contributed by atoms with E-state index in [0.29, 0.717) is 15.8 Å². The van der Waals surface area contributed by atoms with E-state index in [1.165, 1.54) is 0 Å². The van der Waals surface area contributed by atoms with Gasteiger partial charge in [0.05, 0.1) is 0 Å². The van der Waals surface area contributed by atoms with Crippen LogP contribution >= 0.6 is 24.4 Å². The zero-order valence-electron chi connectivity index (χ0n) is 8.15. The summed E-state index contributed by atoms with van der Waals surface area (Å²) in [4.78, 5) is 3.96. The number of para-hydroxylation sites is 1. The number of hydrogen-bond donors (Lipinski definition) is 4. The predicted octanol–water partition coefficient (Wildman–Crippen LogP) is 2.28. The van der Waals surface area contributed by atoms with Gasteiger partial charge in [0.1, 0.15) is 0 Å². The summed E-state index contributed by atoms with van der Waals surface area (Å²) in [5.41, 5.74) is 0.911. The van der Waals surface area contributed by atoms with Crippen molar-refractivity contribution in [3.8, 4) is 0 Å². The summed E-state index contributed by atoms with van der Waals surface area (Å²) in [6.07, 6.45) is 0. The number of benzene rings is 1. The summed E-state index contributed by atoms with van der Waals surface area (Å²) < 4.78 is 0.380. The molecule has 0 saturated carbocycles. The van der Waals surface area contributed by atoms with E-state index in [9.17, 15) is 0 Å². The minimum absolute atomic E-state index is 0.380. The molecule has 0 aliphatic heterocycles. The van der Waals surface area contributed by atoms with E-state index in [2.05, 4.69) is 25.8 Å². The highest BCUT2D eigenvalue weighted by atomic mass is 32.1. The lowest BCUT2D eigenvalue weighted by Crippen LogP contribution is -2.19. The van der Waals surface area contributed by atoms with Gasteiger partial charge in [0, 0.05) is 5.69 Å². The van der Waals surface area contributed by atoms with Crippen molar-refractivity contribution in [3.05, 3.63) is 35.1 Å². The molecule has 16 heavy (non-hydrogen) atoms. The van der Waals surface area contributed by atoms with Crippen LogP contribution in [0.4, 0.5) is 11.6 Å². The van der Waals surface area contributed by atoms with Crippen molar-refractivity contribution in [1.82, 2.24) is 15.2 Å². The molecule has 0 atom stereocenters. The van der Waals surface area contributed by atoms with Crippen LogP contribution < -0.4 is 10.6 Å². The molecule has 0 spiro atoms. The van der Waals surface area contributed by atoms with Gasteiger partial charge in [0.2, 0.25) is 10.7 Å². The molecule has 4 N–H and O–H groups in total. The van der Waals surface area contributed by atoms with Crippen LogP contribution in [0.3, 0.4) is 0 Å². The third-order valence-electron chi connectivity index (χ3n) is 1.76. The van der Waals surface area contributed by atoms with Crippen LogP contribution in [0.5, 0.6) is 0 Å². The molecular weight excluding hydrogens is 242 g/mol. The van der Waals surface area contributed by atoms with Crippen LogP contribution in [0.15, 0.2) is 30.3 Å². The van der Waals surface area contributed by atoms with Crippen molar-refractivity contribution in [2.45, 2.75) is 0 Å². The Morgan fingerprint density at radius 1 is 1.12 bits per heavy atom. The molecule has 0 aliphatic rings. The Balaban J connectivity index is 1.97. The van der Waals surface area contributed by atoms with Crippen molar-refractivity contribution in [3.63, 3.8) is 0 Å². The first-order valence-corrected chi connectivity index (χ1v) is 5.33. The number of nitrogens with zero attached hydrogens (tertiary/aromatic N) is 1. The van der Waals surface area contributed by atoms with E-state index in [4.69, 9.17) is 24.4 Å². The molecule has 0 unspecified atom stereocenters. The Morgan fingerprint density at radius 2 is 1.88 bits per heavy atom. The van der Waals surface area contributed by atoms with Crippen LogP contribution in [-0.4, -0.2) is 20.3 Å². The first kappa shape index (κ1) is 10.8. The molecule has 82 valence electrons. The van der Waals surface area contributed by atoms with E-state index in [-0.39, 0.29) is 0 Å². The highest BCUT2D eigenvalue weighted by Gasteiger charge is 2.00. The van der Waals surface area contributed by atoms with Gasteiger partial charge in [-0.1, -0.05) is 18.2 Å². The fraction of sp³-hybridized carbons (Fsp3) is 0. The smallest absolute Gasteiger partial charge is 0.224 e. The first-order valence-electron chi connectivity index (χ1n) is 4.52.